The molecule has 2 rings (SSSR count). The van der Waals surface area contributed by atoms with Crippen LogP contribution in [-0.4, -0.2) is 20.2 Å². The van der Waals surface area contributed by atoms with Gasteiger partial charge < -0.3 is 10.5 Å². The van der Waals surface area contributed by atoms with E-state index in [2.05, 4.69) is 4.98 Å². The second-order valence-electron chi connectivity index (χ2n) is 5.61. The van der Waals surface area contributed by atoms with Crippen LogP contribution in [-0.2, 0) is 6.42 Å². The van der Waals surface area contributed by atoms with Crippen molar-refractivity contribution in [3.63, 3.8) is 0 Å². The summed E-state index contributed by atoms with van der Waals surface area (Å²) in [6.07, 6.45) is 4.67. The number of allylic oxidation sites excluding steroid dienone is 2. The Labute approximate surface area is 129 Å². The van der Waals surface area contributed by atoms with Gasteiger partial charge in [0.2, 0.25) is 0 Å². The van der Waals surface area contributed by atoms with Gasteiger partial charge in [-0.05, 0) is 33.3 Å². The van der Waals surface area contributed by atoms with Gasteiger partial charge >= 0.3 is 0 Å². The Morgan fingerprint density at radius 1 is 1.36 bits per heavy atom. The van der Waals surface area contributed by atoms with Crippen LogP contribution in [0.1, 0.15) is 45.2 Å². The second kappa shape index (κ2) is 6.13. The van der Waals surface area contributed by atoms with Crippen LogP contribution in [0.3, 0.4) is 0 Å². The van der Waals surface area contributed by atoms with Crippen LogP contribution in [0.5, 0.6) is 5.75 Å². The van der Waals surface area contributed by atoms with Crippen molar-refractivity contribution in [2.75, 3.05) is 0 Å². The highest BCUT2D eigenvalue weighted by atomic mass is 16.3. The number of hydrogen-bond acceptors (Lipinski definition) is 4. The molecule has 0 saturated carbocycles. The summed E-state index contributed by atoms with van der Waals surface area (Å²) >= 11 is 0. The Morgan fingerprint density at radius 2 is 2.05 bits per heavy atom. The lowest BCUT2D eigenvalue weighted by Crippen LogP contribution is -2.19. The lowest BCUT2D eigenvalue weighted by Gasteiger charge is -2.13. The van der Waals surface area contributed by atoms with Crippen LogP contribution in [0.15, 0.2) is 28.8 Å². The zero-order chi connectivity index (χ0) is 16.4. The highest BCUT2D eigenvalue weighted by Gasteiger charge is 2.16. The summed E-state index contributed by atoms with van der Waals surface area (Å²) in [6.45, 7) is 7.46. The van der Waals surface area contributed by atoms with E-state index < -0.39 is 0 Å². The van der Waals surface area contributed by atoms with E-state index in [1.54, 1.807) is 19.2 Å². The minimum atomic E-state index is -0.154. The number of hydrogen-bond donors (Lipinski definition) is 2. The quantitative estimate of drug-likeness (QED) is 0.851. The third-order valence-corrected chi connectivity index (χ3v) is 3.59. The van der Waals surface area contributed by atoms with Crippen molar-refractivity contribution in [1.29, 1.82) is 5.41 Å². The van der Waals surface area contributed by atoms with Gasteiger partial charge in [0.25, 0.3) is 5.56 Å². The maximum Gasteiger partial charge on any atom is 0.261 e. The molecule has 0 spiro atoms. The van der Waals surface area contributed by atoms with E-state index in [0.29, 0.717) is 28.8 Å². The SMILES string of the molecule is CCCc1cnc2c(O)c(C(C(C)=N)=C(C)C)ccn2c1=O. The molecule has 0 bridgehead atoms. The first-order valence-electron chi connectivity index (χ1n) is 7.34. The van der Waals surface area contributed by atoms with E-state index in [1.807, 2.05) is 20.8 Å². The van der Waals surface area contributed by atoms with E-state index in [4.69, 9.17) is 5.41 Å². The highest BCUT2D eigenvalue weighted by molar-refractivity contribution is 6.22. The zero-order valence-electron chi connectivity index (χ0n) is 13.4. The molecule has 2 aromatic rings. The number of pyridine rings is 1. The largest absolute Gasteiger partial charge is 0.504 e. The average molecular weight is 299 g/mol. The van der Waals surface area contributed by atoms with Gasteiger partial charge in [-0.25, -0.2) is 4.98 Å². The number of aryl methyl sites for hydroxylation is 1. The Bertz CT molecular complexity index is 828. The van der Waals surface area contributed by atoms with Crippen molar-refractivity contribution in [3.05, 3.63) is 45.5 Å². The molecular formula is C17H21N3O2. The van der Waals surface area contributed by atoms with E-state index in [-0.39, 0.29) is 17.0 Å². The third-order valence-electron chi connectivity index (χ3n) is 3.59. The molecule has 2 N–H and O–H groups in total. The number of nitrogens with one attached hydrogen (secondary N) is 1. The van der Waals surface area contributed by atoms with Gasteiger partial charge in [-0.2, -0.15) is 0 Å². The predicted molar refractivity (Wildman–Crippen MR) is 88.8 cm³/mol. The molecule has 0 aromatic carbocycles. The lowest BCUT2D eigenvalue weighted by molar-refractivity contribution is 0.475. The van der Waals surface area contributed by atoms with E-state index in [9.17, 15) is 9.90 Å². The zero-order valence-corrected chi connectivity index (χ0v) is 13.4. The van der Waals surface area contributed by atoms with Gasteiger partial charge in [-0.3, -0.25) is 9.20 Å². The van der Waals surface area contributed by atoms with E-state index in [0.717, 1.165) is 12.0 Å². The Hall–Kier alpha value is -2.43. The summed E-state index contributed by atoms with van der Waals surface area (Å²) in [6, 6.07) is 1.67. The van der Waals surface area contributed by atoms with Crippen molar-refractivity contribution in [2.24, 2.45) is 0 Å². The van der Waals surface area contributed by atoms with Gasteiger partial charge in [0.1, 0.15) is 0 Å². The lowest BCUT2D eigenvalue weighted by atomic mass is 9.97. The number of rotatable bonds is 4. The van der Waals surface area contributed by atoms with Gasteiger partial charge in [-0.1, -0.05) is 18.9 Å². The van der Waals surface area contributed by atoms with Crippen molar-refractivity contribution in [3.8, 4) is 5.75 Å². The molecule has 0 aliphatic carbocycles. The first-order chi connectivity index (χ1) is 10.4. The molecule has 0 saturated heterocycles. The van der Waals surface area contributed by atoms with Crippen LogP contribution >= 0.6 is 0 Å². The summed E-state index contributed by atoms with van der Waals surface area (Å²) in [7, 11) is 0. The van der Waals surface area contributed by atoms with Gasteiger partial charge in [0, 0.05) is 34.8 Å². The smallest absolute Gasteiger partial charge is 0.261 e. The molecule has 0 atom stereocenters. The number of fused-ring (bicyclic) bond motifs is 1. The van der Waals surface area contributed by atoms with Gasteiger partial charge in [-0.15, -0.1) is 0 Å². The van der Waals surface area contributed by atoms with Gasteiger partial charge in [0.15, 0.2) is 11.4 Å². The predicted octanol–water partition coefficient (Wildman–Crippen LogP) is 3.19. The first-order valence-corrected chi connectivity index (χ1v) is 7.34. The second-order valence-corrected chi connectivity index (χ2v) is 5.61. The minimum absolute atomic E-state index is 0.0644. The Kier molecular flexibility index (Phi) is 4.45. The fourth-order valence-electron chi connectivity index (χ4n) is 2.66. The summed E-state index contributed by atoms with van der Waals surface area (Å²) in [5.41, 5.74) is 3.20. The molecule has 22 heavy (non-hydrogen) atoms. The average Bonchev–Trinajstić information content (AvgIpc) is 2.44. The van der Waals surface area contributed by atoms with Crippen molar-refractivity contribution in [1.82, 2.24) is 9.38 Å². The first kappa shape index (κ1) is 15.9. The van der Waals surface area contributed by atoms with E-state index in [1.165, 1.54) is 10.6 Å². The fraction of sp³-hybridized carbons (Fsp3) is 0.353. The molecule has 116 valence electrons. The molecule has 0 radical (unpaired) electrons. The van der Waals surface area contributed by atoms with Crippen molar-refractivity contribution in [2.45, 2.75) is 40.5 Å². The molecule has 0 amide bonds. The minimum Gasteiger partial charge on any atom is -0.504 e. The molecular weight excluding hydrogens is 278 g/mol. The third kappa shape index (κ3) is 2.66. The van der Waals surface area contributed by atoms with Crippen LogP contribution in [0, 0.1) is 5.41 Å². The molecule has 0 fully saturated rings. The van der Waals surface area contributed by atoms with Crippen molar-refractivity contribution >= 4 is 16.9 Å². The standard InChI is InChI=1S/C17H21N3O2/c1-5-6-12-9-19-16-15(21)13(7-8-20(16)17(12)22)14(10(2)3)11(4)18/h7-9,18,21H,5-6H2,1-4H3. The monoisotopic (exact) mass is 299 g/mol. The number of aromatic nitrogens is 2. The maximum atomic E-state index is 12.4. The summed E-state index contributed by atoms with van der Waals surface area (Å²) in [5, 5.41) is 18.4. The highest BCUT2D eigenvalue weighted by Crippen LogP contribution is 2.30. The molecule has 0 aliphatic rings. The maximum absolute atomic E-state index is 12.4. The van der Waals surface area contributed by atoms with Crippen LogP contribution < -0.4 is 5.56 Å². The van der Waals surface area contributed by atoms with Crippen LogP contribution in [0.4, 0.5) is 0 Å². The fourth-order valence-corrected chi connectivity index (χ4v) is 2.66. The van der Waals surface area contributed by atoms with Crippen LogP contribution in [0.25, 0.3) is 11.2 Å². The molecule has 0 aliphatic heterocycles. The molecule has 5 nitrogen and oxygen atoms in total. The number of nitrogens with zero attached hydrogens (tertiary/aromatic N) is 2. The topological polar surface area (TPSA) is 78.5 Å². The number of aromatic hydroxyl groups is 1. The van der Waals surface area contributed by atoms with Crippen LogP contribution in [0.2, 0.25) is 0 Å². The summed E-state index contributed by atoms with van der Waals surface area (Å²) in [4.78, 5) is 16.6. The van der Waals surface area contributed by atoms with Crippen molar-refractivity contribution < 1.29 is 5.11 Å². The summed E-state index contributed by atoms with van der Waals surface area (Å²) in [5.74, 6) is -0.0644. The van der Waals surface area contributed by atoms with E-state index >= 15 is 0 Å². The summed E-state index contributed by atoms with van der Waals surface area (Å²) < 4.78 is 1.37. The Balaban J connectivity index is 2.77. The van der Waals surface area contributed by atoms with Gasteiger partial charge in [0.05, 0.1) is 0 Å². The Morgan fingerprint density at radius 3 is 2.59 bits per heavy atom. The molecule has 2 aromatic heterocycles. The molecule has 0 unspecified atom stereocenters. The molecule has 5 heteroatoms. The normalized spacial score (nSPS) is 10.7. The molecule has 2 heterocycles.